The van der Waals surface area contributed by atoms with Crippen molar-refractivity contribution in [1.82, 2.24) is 10.2 Å². The van der Waals surface area contributed by atoms with Crippen molar-refractivity contribution >= 4 is 23.4 Å². The largest absolute Gasteiger partial charge is 0.493 e. The number of rotatable bonds is 9. The quantitative estimate of drug-likeness (QED) is 0.617. The van der Waals surface area contributed by atoms with Gasteiger partial charge in [-0.3, -0.25) is 9.59 Å². The summed E-state index contributed by atoms with van der Waals surface area (Å²) in [6.07, 6.45) is 0.451. The number of carbonyl (C=O) groups excluding carboxylic acids is 2. The zero-order valence-corrected chi connectivity index (χ0v) is 19.5. The molecule has 2 amide bonds. The predicted octanol–water partition coefficient (Wildman–Crippen LogP) is 4.45. The van der Waals surface area contributed by atoms with Crippen molar-refractivity contribution in [2.75, 3.05) is 13.7 Å². The Morgan fingerprint density at radius 3 is 2.26 bits per heavy atom. The van der Waals surface area contributed by atoms with Crippen molar-refractivity contribution in [2.24, 2.45) is 0 Å². The van der Waals surface area contributed by atoms with Gasteiger partial charge in [0, 0.05) is 17.1 Å². The van der Waals surface area contributed by atoms with Crippen LogP contribution in [-0.2, 0) is 16.1 Å². The number of para-hydroxylation sites is 2. The van der Waals surface area contributed by atoms with Crippen LogP contribution >= 0.6 is 11.6 Å². The molecular formula is C24H31ClN2O4. The van der Waals surface area contributed by atoms with Crippen LogP contribution in [0.1, 0.15) is 39.7 Å². The third-order valence-corrected chi connectivity index (χ3v) is 4.97. The van der Waals surface area contributed by atoms with Gasteiger partial charge in [-0.25, -0.2) is 0 Å². The van der Waals surface area contributed by atoms with Crippen molar-refractivity contribution in [1.29, 1.82) is 0 Å². The fourth-order valence-electron chi connectivity index (χ4n) is 3.14. The lowest BCUT2D eigenvalue weighted by atomic mass is 10.1. The number of hydrogen-bond acceptors (Lipinski definition) is 4. The van der Waals surface area contributed by atoms with E-state index in [-0.39, 0.29) is 25.0 Å². The summed E-state index contributed by atoms with van der Waals surface area (Å²) in [5.74, 6) is 0.461. The minimum atomic E-state index is -0.663. The summed E-state index contributed by atoms with van der Waals surface area (Å²) in [6, 6.07) is 13.7. The smallest absolute Gasteiger partial charge is 0.261 e. The second-order valence-electron chi connectivity index (χ2n) is 8.22. The average Bonchev–Trinajstić information content (AvgIpc) is 2.72. The van der Waals surface area contributed by atoms with Crippen LogP contribution in [0.15, 0.2) is 48.5 Å². The molecule has 168 valence electrons. The Kier molecular flexibility index (Phi) is 8.75. The zero-order valence-electron chi connectivity index (χ0n) is 18.8. The normalized spacial score (nSPS) is 12.1. The van der Waals surface area contributed by atoms with E-state index in [0.717, 1.165) is 5.56 Å². The van der Waals surface area contributed by atoms with Crippen LogP contribution in [0, 0.1) is 0 Å². The van der Waals surface area contributed by atoms with Gasteiger partial charge in [0.05, 0.1) is 7.11 Å². The first-order valence-electron chi connectivity index (χ1n) is 10.3. The van der Waals surface area contributed by atoms with Crippen LogP contribution in [0.2, 0.25) is 5.02 Å². The minimum Gasteiger partial charge on any atom is -0.493 e. The van der Waals surface area contributed by atoms with Crippen LogP contribution in [-0.4, -0.2) is 42.0 Å². The summed E-state index contributed by atoms with van der Waals surface area (Å²) in [5, 5.41) is 3.51. The molecule has 0 unspecified atom stereocenters. The van der Waals surface area contributed by atoms with Gasteiger partial charge in [0.25, 0.3) is 5.91 Å². The maximum absolute atomic E-state index is 13.2. The van der Waals surface area contributed by atoms with Gasteiger partial charge in [0.1, 0.15) is 6.04 Å². The predicted molar refractivity (Wildman–Crippen MR) is 122 cm³/mol. The topological polar surface area (TPSA) is 67.9 Å². The highest BCUT2D eigenvalue weighted by atomic mass is 35.5. The average molecular weight is 447 g/mol. The lowest BCUT2D eigenvalue weighted by molar-refractivity contribution is -0.143. The molecule has 0 aliphatic carbocycles. The van der Waals surface area contributed by atoms with E-state index >= 15 is 0 Å². The second kappa shape index (κ2) is 11.0. The molecule has 0 bridgehead atoms. The van der Waals surface area contributed by atoms with E-state index in [0.29, 0.717) is 22.9 Å². The summed E-state index contributed by atoms with van der Waals surface area (Å²) >= 11 is 6.33. The fraction of sp³-hybridized carbons (Fsp3) is 0.417. The Morgan fingerprint density at radius 1 is 1.06 bits per heavy atom. The molecular weight excluding hydrogens is 416 g/mol. The Hall–Kier alpha value is -2.73. The lowest BCUT2D eigenvalue weighted by Gasteiger charge is -2.33. The summed E-state index contributed by atoms with van der Waals surface area (Å²) in [5.41, 5.74) is 0.342. The molecule has 0 heterocycles. The van der Waals surface area contributed by atoms with Crippen LogP contribution < -0.4 is 14.8 Å². The summed E-state index contributed by atoms with van der Waals surface area (Å²) in [4.78, 5) is 27.8. The van der Waals surface area contributed by atoms with Crippen LogP contribution in [0.25, 0.3) is 0 Å². The van der Waals surface area contributed by atoms with E-state index in [4.69, 9.17) is 21.1 Å². The van der Waals surface area contributed by atoms with E-state index < -0.39 is 11.6 Å². The first-order valence-corrected chi connectivity index (χ1v) is 10.6. The standard InChI is InChI=1S/C24H31ClN2O4/c1-6-19(23(29)26-24(2,3)4)27(15-17-11-7-8-12-18(17)25)22(28)16-31-21-14-10-9-13-20(21)30-5/h7-14,19H,6,15-16H2,1-5H3,(H,26,29)/t19-/m0/s1. The number of carbonyl (C=O) groups is 2. The molecule has 0 aliphatic rings. The van der Waals surface area contributed by atoms with Gasteiger partial charge in [-0.1, -0.05) is 48.9 Å². The number of amides is 2. The maximum Gasteiger partial charge on any atom is 0.261 e. The molecule has 6 nitrogen and oxygen atoms in total. The number of ether oxygens (including phenoxy) is 2. The van der Waals surface area contributed by atoms with Gasteiger partial charge in [-0.2, -0.15) is 0 Å². The number of nitrogens with one attached hydrogen (secondary N) is 1. The maximum atomic E-state index is 13.2. The second-order valence-corrected chi connectivity index (χ2v) is 8.62. The molecule has 1 N–H and O–H groups in total. The van der Waals surface area contributed by atoms with E-state index in [2.05, 4.69) is 5.32 Å². The van der Waals surface area contributed by atoms with Crippen molar-refractivity contribution in [3.63, 3.8) is 0 Å². The lowest BCUT2D eigenvalue weighted by Crippen LogP contribution is -2.54. The molecule has 2 aromatic rings. The van der Waals surface area contributed by atoms with E-state index in [1.54, 1.807) is 24.3 Å². The van der Waals surface area contributed by atoms with Gasteiger partial charge in [0.2, 0.25) is 5.91 Å². The van der Waals surface area contributed by atoms with Crippen molar-refractivity contribution in [2.45, 2.75) is 52.2 Å². The monoisotopic (exact) mass is 446 g/mol. The van der Waals surface area contributed by atoms with Crippen LogP contribution in [0.4, 0.5) is 0 Å². The first-order chi connectivity index (χ1) is 14.7. The van der Waals surface area contributed by atoms with Gasteiger partial charge in [0.15, 0.2) is 18.1 Å². The Bertz CT molecular complexity index is 895. The highest BCUT2D eigenvalue weighted by Gasteiger charge is 2.31. The van der Waals surface area contributed by atoms with Crippen LogP contribution in [0.3, 0.4) is 0 Å². The van der Waals surface area contributed by atoms with Gasteiger partial charge in [-0.15, -0.1) is 0 Å². The Morgan fingerprint density at radius 2 is 1.68 bits per heavy atom. The molecule has 7 heteroatoms. The number of nitrogens with zero attached hydrogens (tertiary/aromatic N) is 1. The summed E-state index contributed by atoms with van der Waals surface area (Å²) in [7, 11) is 1.54. The highest BCUT2D eigenvalue weighted by Crippen LogP contribution is 2.26. The fourth-order valence-corrected chi connectivity index (χ4v) is 3.34. The molecule has 2 aromatic carbocycles. The summed E-state index contributed by atoms with van der Waals surface area (Å²) < 4.78 is 11.0. The number of methoxy groups -OCH3 is 1. The Balaban J connectivity index is 2.27. The van der Waals surface area contributed by atoms with E-state index in [1.165, 1.54) is 12.0 Å². The van der Waals surface area contributed by atoms with Gasteiger partial charge < -0.3 is 19.7 Å². The molecule has 31 heavy (non-hydrogen) atoms. The third kappa shape index (κ3) is 7.17. The Labute approximate surface area is 189 Å². The molecule has 0 aromatic heterocycles. The SMILES string of the molecule is CC[C@@H](C(=O)NC(C)(C)C)N(Cc1ccccc1Cl)C(=O)COc1ccccc1OC. The van der Waals surface area contributed by atoms with Crippen molar-refractivity contribution < 1.29 is 19.1 Å². The van der Waals surface area contributed by atoms with E-state index in [1.807, 2.05) is 52.0 Å². The number of hydrogen-bond donors (Lipinski definition) is 1. The molecule has 2 rings (SSSR count). The molecule has 0 radical (unpaired) electrons. The van der Waals surface area contributed by atoms with Crippen LogP contribution in [0.5, 0.6) is 11.5 Å². The van der Waals surface area contributed by atoms with E-state index in [9.17, 15) is 9.59 Å². The molecule has 1 atom stereocenters. The third-order valence-electron chi connectivity index (χ3n) is 4.60. The minimum absolute atomic E-state index is 0.198. The number of halogens is 1. The van der Waals surface area contributed by atoms with Crippen molar-refractivity contribution in [3.05, 3.63) is 59.1 Å². The molecule has 0 spiro atoms. The molecule has 0 saturated heterocycles. The molecule has 0 saturated carbocycles. The zero-order chi connectivity index (χ0) is 23.0. The highest BCUT2D eigenvalue weighted by molar-refractivity contribution is 6.31. The first kappa shape index (κ1) is 24.5. The molecule has 0 aliphatic heterocycles. The van der Waals surface area contributed by atoms with Gasteiger partial charge >= 0.3 is 0 Å². The number of benzene rings is 2. The summed E-state index contributed by atoms with van der Waals surface area (Å²) in [6.45, 7) is 7.56. The molecule has 0 fully saturated rings. The van der Waals surface area contributed by atoms with Crippen molar-refractivity contribution in [3.8, 4) is 11.5 Å². The van der Waals surface area contributed by atoms with Gasteiger partial charge in [-0.05, 0) is 51.0 Å².